The van der Waals surface area contributed by atoms with Gasteiger partial charge in [0.15, 0.2) is 11.0 Å². The van der Waals surface area contributed by atoms with Crippen LogP contribution in [0.25, 0.3) is 11.5 Å². The fourth-order valence-electron chi connectivity index (χ4n) is 2.43. The predicted molar refractivity (Wildman–Crippen MR) is 111 cm³/mol. The fraction of sp³-hybridized carbons (Fsp3) is 0.111. The highest BCUT2D eigenvalue weighted by Gasteiger charge is 2.16. The Kier molecular flexibility index (Phi) is 6.42. The van der Waals surface area contributed by atoms with Crippen LogP contribution in [0.3, 0.4) is 0 Å². The first kappa shape index (κ1) is 20.7. The second kappa shape index (κ2) is 8.99. The van der Waals surface area contributed by atoms with Crippen molar-refractivity contribution in [2.75, 3.05) is 11.1 Å². The number of carbonyl (C=O) groups excluding carboxylic acids is 1. The van der Waals surface area contributed by atoms with Gasteiger partial charge in [0.2, 0.25) is 15.9 Å². The van der Waals surface area contributed by atoms with E-state index in [0.717, 1.165) is 0 Å². The molecule has 0 aliphatic carbocycles. The molecule has 1 amide bonds. The second-order valence-electron chi connectivity index (χ2n) is 5.83. The highest BCUT2D eigenvalue weighted by molar-refractivity contribution is 7.99. The van der Waals surface area contributed by atoms with E-state index in [9.17, 15) is 13.2 Å². The van der Waals surface area contributed by atoms with Gasteiger partial charge in [-0.1, -0.05) is 23.9 Å². The van der Waals surface area contributed by atoms with Crippen molar-refractivity contribution in [2.24, 2.45) is 5.14 Å². The Labute approximate surface area is 172 Å². The maximum Gasteiger partial charge on any atom is 0.238 e. The molecule has 150 valence electrons. The van der Waals surface area contributed by atoms with Gasteiger partial charge < -0.3 is 5.32 Å². The maximum atomic E-state index is 12.2. The molecule has 0 atom stereocenters. The molecule has 2 aromatic heterocycles. The smallest absolute Gasteiger partial charge is 0.238 e. The zero-order chi connectivity index (χ0) is 20.9. The van der Waals surface area contributed by atoms with Crippen LogP contribution < -0.4 is 10.5 Å². The molecule has 0 bridgehead atoms. The third kappa shape index (κ3) is 5.28. The van der Waals surface area contributed by atoms with E-state index in [0.29, 0.717) is 28.9 Å². The average Bonchev–Trinajstić information content (AvgIpc) is 3.10. The lowest BCUT2D eigenvalue weighted by Crippen LogP contribution is -2.15. The van der Waals surface area contributed by atoms with Crippen molar-refractivity contribution in [2.45, 2.75) is 16.6 Å². The highest BCUT2D eigenvalue weighted by Crippen LogP contribution is 2.23. The van der Waals surface area contributed by atoms with Gasteiger partial charge in [-0.25, -0.2) is 13.6 Å². The average molecular weight is 431 g/mol. The van der Waals surface area contributed by atoms with Crippen LogP contribution in [-0.4, -0.2) is 39.8 Å². The van der Waals surface area contributed by atoms with Crippen LogP contribution in [0.2, 0.25) is 0 Å². The molecule has 0 spiro atoms. The quantitative estimate of drug-likeness (QED) is 0.412. The molecule has 0 radical (unpaired) electrons. The molecule has 0 aliphatic heterocycles. The standard InChI is InChI=1S/C18H18N6O3S2/c1-2-11-24-17(15-5-3-4-10-20-15)22-23-18(24)28-12-16(25)21-13-6-8-14(9-7-13)29(19,26)27/h2-10H,1,11-12H2,(H,21,25)(H2,19,26,27). The Balaban J connectivity index is 1.67. The third-order valence-corrected chi connectivity index (χ3v) is 5.62. The Morgan fingerprint density at radius 2 is 1.97 bits per heavy atom. The molecular formula is C18H18N6O3S2. The van der Waals surface area contributed by atoms with E-state index >= 15 is 0 Å². The molecule has 0 aliphatic rings. The highest BCUT2D eigenvalue weighted by atomic mass is 32.2. The lowest BCUT2D eigenvalue weighted by molar-refractivity contribution is -0.113. The lowest BCUT2D eigenvalue weighted by atomic mass is 10.3. The number of nitrogens with one attached hydrogen (secondary N) is 1. The first-order valence-corrected chi connectivity index (χ1v) is 10.9. The first-order valence-electron chi connectivity index (χ1n) is 8.39. The molecule has 0 unspecified atom stereocenters. The van der Waals surface area contributed by atoms with Crippen molar-refractivity contribution in [3.05, 3.63) is 61.3 Å². The number of anilines is 1. The number of carbonyl (C=O) groups is 1. The van der Waals surface area contributed by atoms with E-state index in [1.165, 1.54) is 36.0 Å². The van der Waals surface area contributed by atoms with Gasteiger partial charge in [0, 0.05) is 18.4 Å². The number of primary sulfonamides is 1. The van der Waals surface area contributed by atoms with Crippen molar-refractivity contribution >= 4 is 33.4 Å². The number of nitrogens with zero attached hydrogens (tertiary/aromatic N) is 4. The number of sulfonamides is 1. The van der Waals surface area contributed by atoms with E-state index in [2.05, 4.69) is 27.1 Å². The minimum absolute atomic E-state index is 0.0237. The van der Waals surface area contributed by atoms with Gasteiger partial charge in [-0.3, -0.25) is 14.3 Å². The molecule has 1 aromatic carbocycles. The van der Waals surface area contributed by atoms with Gasteiger partial charge in [0.05, 0.1) is 10.6 Å². The summed E-state index contributed by atoms with van der Waals surface area (Å²) >= 11 is 1.22. The minimum Gasteiger partial charge on any atom is -0.325 e. The summed E-state index contributed by atoms with van der Waals surface area (Å²) in [6, 6.07) is 11.1. The van der Waals surface area contributed by atoms with Crippen LogP contribution in [0.4, 0.5) is 5.69 Å². The molecule has 0 saturated carbocycles. The number of benzene rings is 1. The fourth-order valence-corrected chi connectivity index (χ4v) is 3.69. The molecule has 9 nitrogen and oxygen atoms in total. The van der Waals surface area contributed by atoms with E-state index < -0.39 is 10.0 Å². The van der Waals surface area contributed by atoms with Gasteiger partial charge in [-0.15, -0.1) is 16.8 Å². The number of aromatic nitrogens is 4. The number of pyridine rings is 1. The van der Waals surface area contributed by atoms with Crippen LogP contribution in [-0.2, 0) is 21.4 Å². The predicted octanol–water partition coefficient (Wildman–Crippen LogP) is 1.90. The van der Waals surface area contributed by atoms with Crippen molar-refractivity contribution in [1.29, 1.82) is 0 Å². The van der Waals surface area contributed by atoms with Crippen molar-refractivity contribution < 1.29 is 13.2 Å². The number of hydrogen-bond donors (Lipinski definition) is 2. The van der Waals surface area contributed by atoms with Crippen molar-refractivity contribution in [3.63, 3.8) is 0 Å². The van der Waals surface area contributed by atoms with Crippen LogP contribution >= 0.6 is 11.8 Å². The molecule has 2 heterocycles. The number of hydrogen-bond acceptors (Lipinski definition) is 7. The van der Waals surface area contributed by atoms with Crippen LogP contribution in [0.5, 0.6) is 0 Å². The molecule has 3 rings (SSSR count). The van der Waals surface area contributed by atoms with E-state index in [1.54, 1.807) is 12.3 Å². The normalized spacial score (nSPS) is 11.2. The molecule has 3 N–H and O–H groups in total. The summed E-state index contributed by atoms with van der Waals surface area (Å²) in [5.41, 5.74) is 1.14. The van der Waals surface area contributed by atoms with Gasteiger partial charge >= 0.3 is 0 Å². The zero-order valence-corrected chi connectivity index (χ0v) is 16.9. The maximum absolute atomic E-state index is 12.2. The second-order valence-corrected chi connectivity index (χ2v) is 8.33. The van der Waals surface area contributed by atoms with Gasteiger partial charge in [0.1, 0.15) is 5.69 Å². The van der Waals surface area contributed by atoms with Gasteiger partial charge in [-0.05, 0) is 36.4 Å². The largest absolute Gasteiger partial charge is 0.325 e. The first-order chi connectivity index (χ1) is 13.9. The third-order valence-electron chi connectivity index (χ3n) is 3.72. The number of allylic oxidation sites excluding steroid dienone is 1. The molecule has 11 heteroatoms. The molecular weight excluding hydrogens is 412 g/mol. The Bertz CT molecular complexity index is 1110. The summed E-state index contributed by atoms with van der Waals surface area (Å²) in [7, 11) is -3.77. The van der Waals surface area contributed by atoms with Crippen molar-refractivity contribution in [3.8, 4) is 11.5 Å². The number of thioether (sulfide) groups is 1. The zero-order valence-electron chi connectivity index (χ0n) is 15.2. The van der Waals surface area contributed by atoms with E-state index in [-0.39, 0.29) is 16.6 Å². The topological polar surface area (TPSA) is 133 Å². The van der Waals surface area contributed by atoms with Crippen LogP contribution in [0, 0.1) is 0 Å². The SMILES string of the molecule is C=CCn1c(SCC(=O)Nc2ccc(S(N)(=O)=O)cc2)nnc1-c1ccccn1. The van der Waals surface area contributed by atoms with Crippen LogP contribution in [0.1, 0.15) is 0 Å². The number of rotatable bonds is 8. The van der Waals surface area contributed by atoms with E-state index in [1.807, 2.05) is 22.8 Å². The summed E-state index contributed by atoms with van der Waals surface area (Å²) in [5.74, 6) is 0.409. The molecule has 29 heavy (non-hydrogen) atoms. The summed E-state index contributed by atoms with van der Waals surface area (Å²) in [6.07, 6.45) is 3.39. The Morgan fingerprint density at radius 3 is 2.59 bits per heavy atom. The molecule has 0 fully saturated rings. The summed E-state index contributed by atoms with van der Waals surface area (Å²) in [6.45, 7) is 4.22. The molecule has 3 aromatic rings. The lowest BCUT2D eigenvalue weighted by Gasteiger charge is -2.08. The Hall–Kier alpha value is -3.02. The Morgan fingerprint density at radius 1 is 1.21 bits per heavy atom. The van der Waals surface area contributed by atoms with Gasteiger partial charge in [-0.2, -0.15) is 0 Å². The summed E-state index contributed by atoms with van der Waals surface area (Å²) in [4.78, 5) is 16.5. The molecule has 0 saturated heterocycles. The minimum atomic E-state index is -3.77. The van der Waals surface area contributed by atoms with Crippen LogP contribution in [0.15, 0.2) is 71.4 Å². The van der Waals surface area contributed by atoms with E-state index in [4.69, 9.17) is 5.14 Å². The summed E-state index contributed by atoms with van der Waals surface area (Å²) in [5, 5.41) is 16.7. The van der Waals surface area contributed by atoms with Crippen molar-refractivity contribution in [1.82, 2.24) is 19.7 Å². The van der Waals surface area contributed by atoms with Gasteiger partial charge in [0.25, 0.3) is 0 Å². The summed E-state index contributed by atoms with van der Waals surface area (Å²) < 4.78 is 24.4. The number of amides is 1. The monoisotopic (exact) mass is 430 g/mol. The number of nitrogens with two attached hydrogens (primary N) is 1.